The standard InChI is InChI=1S/C6H15NO4S/c1-10-5-6-11-4-2-3-7-12(8)9/h7H,2-6H2,1H3,(H,8,9). The van der Waals surface area contributed by atoms with Gasteiger partial charge in [0.2, 0.25) is 11.3 Å². The quantitative estimate of drug-likeness (QED) is 0.416. The molecular formula is C6H15NO4S. The highest BCUT2D eigenvalue weighted by Crippen LogP contribution is 1.81. The number of hydrogen-bond acceptors (Lipinski definition) is 3. The molecule has 0 amide bonds. The molecule has 12 heavy (non-hydrogen) atoms. The minimum absolute atomic E-state index is 0.482. The molecule has 0 fully saturated rings. The van der Waals surface area contributed by atoms with Gasteiger partial charge in [0.15, 0.2) is 0 Å². The molecule has 0 aromatic heterocycles. The molecule has 0 aliphatic heterocycles. The Hall–Kier alpha value is -0.0100. The van der Waals surface area contributed by atoms with Crippen LogP contribution >= 0.6 is 0 Å². The lowest BCUT2D eigenvalue weighted by molar-refractivity contribution is 0.0699. The van der Waals surface area contributed by atoms with Crippen molar-refractivity contribution in [1.29, 1.82) is 0 Å². The Morgan fingerprint density at radius 1 is 1.42 bits per heavy atom. The van der Waals surface area contributed by atoms with Gasteiger partial charge in [-0.3, -0.25) is 4.55 Å². The molecule has 0 heterocycles. The van der Waals surface area contributed by atoms with Crippen molar-refractivity contribution < 1.29 is 18.2 Å². The fourth-order valence-electron chi connectivity index (χ4n) is 0.578. The van der Waals surface area contributed by atoms with Crippen LogP contribution in [0, 0.1) is 0 Å². The average Bonchev–Trinajstić information content (AvgIpc) is 2.02. The van der Waals surface area contributed by atoms with Crippen molar-refractivity contribution in [2.45, 2.75) is 6.42 Å². The van der Waals surface area contributed by atoms with E-state index in [-0.39, 0.29) is 0 Å². The molecule has 0 rings (SSSR count). The summed E-state index contributed by atoms with van der Waals surface area (Å²) in [4.78, 5) is 0. The van der Waals surface area contributed by atoms with E-state index in [9.17, 15) is 4.21 Å². The minimum atomic E-state index is -1.90. The van der Waals surface area contributed by atoms with E-state index in [2.05, 4.69) is 4.72 Å². The Morgan fingerprint density at radius 3 is 2.75 bits per heavy atom. The maximum Gasteiger partial charge on any atom is 0.231 e. The summed E-state index contributed by atoms with van der Waals surface area (Å²) in [5.41, 5.74) is 0. The van der Waals surface area contributed by atoms with Gasteiger partial charge in [0.1, 0.15) is 0 Å². The second-order valence-electron chi connectivity index (χ2n) is 2.10. The zero-order chi connectivity index (χ0) is 9.23. The lowest BCUT2D eigenvalue weighted by Gasteiger charge is -2.02. The summed E-state index contributed by atoms with van der Waals surface area (Å²) < 4.78 is 30.6. The first-order valence-corrected chi connectivity index (χ1v) is 4.79. The van der Waals surface area contributed by atoms with Crippen molar-refractivity contribution in [2.24, 2.45) is 0 Å². The zero-order valence-corrected chi connectivity index (χ0v) is 7.93. The smallest absolute Gasteiger partial charge is 0.231 e. The van der Waals surface area contributed by atoms with Crippen molar-refractivity contribution >= 4 is 11.3 Å². The van der Waals surface area contributed by atoms with Gasteiger partial charge in [-0.1, -0.05) is 0 Å². The van der Waals surface area contributed by atoms with Gasteiger partial charge in [-0.05, 0) is 6.42 Å². The fourth-order valence-corrected chi connectivity index (χ4v) is 0.897. The number of rotatable bonds is 8. The molecule has 0 radical (unpaired) electrons. The maximum absolute atomic E-state index is 10.1. The Kier molecular flexibility index (Phi) is 9.07. The summed E-state index contributed by atoms with van der Waals surface area (Å²) in [7, 11) is 1.61. The minimum Gasteiger partial charge on any atom is -0.382 e. The SMILES string of the molecule is COCCOCCCNS(=O)O. The van der Waals surface area contributed by atoms with Crippen LogP contribution < -0.4 is 4.72 Å². The molecule has 2 N–H and O–H groups in total. The van der Waals surface area contributed by atoms with Crippen molar-refractivity contribution in [3.05, 3.63) is 0 Å². The maximum atomic E-state index is 10.1. The normalized spacial score (nSPS) is 13.2. The van der Waals surface area contributed by atoms with E-state index in [0.29, 0.717) is 26.4 Å². The lowest BCUT2D eigenvalue weighted by atomic mass is 10.5. The first-order chi connectivity index (χ1) is 5.77. The van der Waals surface area contributed by atoms with Crippen molar-refractivity contribution in [3.8, 4) is 0 Å². The number of nitrogens with one attached hydrogen (secondary N) is 1. The molecule has 0 aliphatic carbocycles. The summed E-state index contributed by atoms with van der Waals surface area (Å²) in [6, 6.07) is 0. The van der Waals surface area contributed by atoms with Crippen molar-refractivity contribution in [2.75, 3.05) is 33.5 Å². The third-order valence-electron chi connectivity index (χ3n) is 1.12. The number of ether oxygens (including phenoxy) is 2. The van der Waals surface area contributed by atoms with Gasteiger partial charge < -0.3 is 9.47 Å². The topological polar surface area (TPSA) is 67.8 Å². The molecule has 0 aromatic rings. The monoisotopic (exact) mass is 197 g/mol. The van der Waals surface area contributed by atoms with E-state index < -0.39 is 11.3 Å². The molecular weight excluding hydrogens is 182 g/mol. The summed E-state index contributed by atoms with van der Waals surface area (Å²) in [5, 5.41) is 0. The van der Waals surface area contributed by atoms with E-state index in [1.807, 2.05) is 0 Å². The Labute approximate surface area is 74.9 Å². The lowest BCUT2D eigenvalue weighted by Crippen LogP contribution is -2.19. The first kappa shape index (κ1) is 12.0. The average molecular weight is 197 g/mol. The van der Waals surface area contributed by atoms with Gasteiger partial charge in [0.05, 0.1) is 13.2 Å². The van der Waals surface area contributed by atoms with Crippen molar-refractivity contribution in [1.82, 2.24) is 4.72 Å². The van der Waals surface area contributed by atoms with Crippen LogP contribution in [-0.2, 0) is 20.7 Å². The van der Waals surface area contributed by atoms with E-state index in [0.717, 1.165) is 6.42 Å². The molecule has 1 atom stereocenters. The highest BCUT2D eigenvalue weighted by Gasteiger charge is 1.91. The molecule has 0 aromatic carbocycles. The van der Waals surface area contributed by atoms with E-state index in [1.54, 1.807) is 7.11 Å². The van der Waals surface area contributed by atoms with Crippen LogP contribution in [-0.4, -0.2) is 42.2 Å². The molecule has 0 saturated carbocycles. The van der Waals surface area contributed by atoms with Crippen LogP contribution in [0.2, 0.25) is 0 Å². The molecule has 1 unspecified atom stereocenters. The Bertz CT molecular complexity index is 122. The van der Waals surface area contributed by atoms with Crippen LogP contribution in [0.1, 0.15) is 6.42 Å². The van der Waals surface area contributed by atoms with E-state index in [1.165, 1.54) is 0 Å². The first-order valence-electron chi connectivity index (χ1n) is 3.68. The second-order valence-corrected chi connectivity index (χ2v) is 2.89. The van der Waals surface area contributed by atoms with Gasteiger partial charge in [0, 0.05) is 20.3 Å². The third kappa shape index (κ3) is 9.99. The van der Waals surface area contributed by atoms with Gasteiger partial charge in [-0.15, -0.1) is 0 Å². The predicted octanol–water partition coefficient (Wildman–Crippen LogP) is -0.234. The highest BCUT2D eigenvalue weighted by atomic mass is 32.2. The molecule has 0 saturated heterocycles. The fraction of sp³-hybridized carbons (Fsp3) is 1.00. The van der Waals surface area contributed by atoms with Crippen LogP contribution in [0.15, 0.2) is 0 Å². The second kappa shape index (κ2) is 9.08. The van der Waals surface area contributed by atoms with Crippen molar-refractivity contribution in [3.63, 3.8) is 0 Å². The van der Waals surface area contributed by atoms with Crippen LogP contribution in [0.3, 0.4) is 0 Å². The molecule has 0 aliphatic rings. The summed E-state index contributed by atoms with van der Waals surface area (Å²) in [6.45, 7) is 2.21. The number of methoxy groups -OCH3 is 1. The predicted molar refractivity (Wildman–Crippen MR) is 46.1 cm³/mol. The third-order valence-corrected chi connectivity index (χ3v) is 1.57. The number of hydrogen-bond donors (Lipinski definition) is 2. The van der Waals surface area contributed by atoms with Gasteiger partial charge >= 0.3 is 0 Å². The van der Waals surface area contributed by atoms with E-state index >= 15 is 0 Å². The summed E-state index contributed by atoms with van der Waals surface area (Å²) in [6.07, 6.45) is 0.718. The Morgan fingerprint density at radius 2 is 2.17 bits per heavy atom. The zero-order valence-electron chi connectivity index (χ0n) is 7.12. The van der Waals surface area contributed by atoms with Gasteiger partial charge in [0.25, 0.3) is 0 Å². The molecule has 6 heteroatoms. The van der Waals surface area contributed by atoms with Crippen LogP contribution in [0.25, 0.3) is 0 Å². The van der Waals surface area contributed by atoms with Crippen LogP contribution in [0.4, 0.5) is 0 Å². The van der Waals surface area contributed by atoms with Crippen LogP contribution in [0.5, 0.6) is 0 Å². The van der Waals surface area contributed by atoms with Gasteiger partial charge in [-0.2, -0.15) is 0 Å². The molecule has 0 bridgehead atoms. The highest BCUT2D eigenvalue weighted by molar-refractivity contribution is 7.77. The Balaban J connectivity index is 2.86. The largest absolute Gasteiger partial charge is 0.382 e. The molecule has 74 valence electrons. The molecule has 5 nitrogen and oxygen atoms in total. The molecule has 0 spiro atoms. The summed E-state index contributed by atoms with van der Waals surface area (Å²) in [5.74, 6) is 0. The summed E-state index contributed by atoms with van der Waals surface area (Å²) >= 11 is -1.90. The van der Waals surface area contributed by atoms with E-state index in [4.69, 9.17) is 14.0 Å². The van der Waals surface area contributed by atoms with Gasteiger partial charge in [-0.25, -0.2) is 8.93 Å².